The minimum Gasteiger partial charge on any atom is -0.422 e. The van der Waals surface area contributed by atoms with E-state index in [2.05, 4.69) is 10.5 Å². The Balaban J connectivity index is 1.80. The molecule has 1 amide bonds. The molecule has 0 unspecified atom stereocenters. The molecule has 0 aliphatic carbocycles. The number of hydrogen-bond acceptors (Lipinski definition) is 6. The molecule has 1 saturated heterocycles. The number of carbonyl (C=O) groups is 1. The van der Waals surface area contributed by atoms with Crippen LogP contribution in [0, 0.1) is 5.92 Å². The van der Waals surface area contributed by atoms with E-state index in [0.29, 0.717) is 17.7 Å². The van der Waals surface area contributed by atoms with Crippen LogP contribution in [0.5, 0.6) is 0 Å². The molecule has 3 rings (SSSR count). The lowest BCUT2D eigenvalue weighted by Gasteiger charge is -2.06. The number of nitrogens with zero attached hydrogens (tertiary/aromatic N) is 1. The second kappa shape index (κ2) is 6.20. The molecule has 1 N–H and O–H groups in total. The summed E-state index contributed by atoms with van der Waals surface area (Å²) in [5.41, 5.74) is 2.80. The summed E-state index contributed by atoms with van der Waals surface area (Å²) in [6.45, 7) is 1.58. The van der Waals surface area contributed by atoms with E-state index in [1.807, 2.05) is 6.07 Å². The highest BCUT2D eigenvalue weighted by atomic mass is 32.2. The molecule has 1 aliphatic rings. The average molecular weight is 348 g/mol. The molecule has 7 nitrogen and oxygen atoms in total. The van der Waals surface area contributed by atoms with Crippen molar-refractivity contribution in [2.45, 2.75) is 13.3 Å². The molecule has 1 fully saturated rings. The van der Waals surface area contributed by atoms with Gasteiger partial charge in [-0.25, -0.2) is 18.6 Å². The van der Waals surface area contributed by atoms with Crippen molar-refractivity contribution in [1.82, 2.24) is 5.43 Å². The third-order valence-corrected chi connectivity index (χ3v) is 5.74. The SMILES string of the molecule is C/C(=N/NC(=O)[C@H]1CCS(=O)(=O)C1)c1cc2ccccc2oc1=O. The average Bonchev–Trinajstić information content (AvgIpc) is 2.91. The number of rotatable bonds is 3. The van der Waals surface area contributed by atoms with E-state index in [0.717, 1.165) is 5.39 Å². The van der Waals surface area contributed by atoms with Crippen molar-refractivity contribution in [2.75, 3.05) is 11.5 Å². The molecule has 2 heterocycles. The molecule has 8 heteroatoms. The number of carbonyl (C=O) groups excluding carboxylic acids is 1. The van der Waals surface area contributed by atoms with Crippen LogP contribution in [0.4, 0.5) is 0 Å². The second-order valence-corrected chi connectivity index (χ2v) is 7.99. The van der Waals surface area contributed by atoms with Crippen LogP contribution in [0.1, 0.15) is 18.9 Å². The summed E-state index contributed by atoms with van der Waals surface area (Å²) < 4.78 is 28.0. The highest BCUT2D eigenvalue weighted by Crippen LogP contribution is 2.18. The first-order valence-electron chi connectivity index (χ1n) is 7.43. The molecule has 0 bridgehead atoms. The van der Waals surface area contributed by atoms with E-state index < -0.39 is 27.3 Å². The van der Waals surface area contributed by atoms with Crippen molar-refractivity contribution < 1.29 is 17.6 Å². The number of benzene rings is 1. The summed E-state index contributed by atoms with van der Waals surface area (Å²) in [5.74, 6) is -1.20. The van der Waals surface area contributed by atoms with Crippen molar-refractivity contribution in [3.05, 3.63) is 46.3 Å². The molecule has 0 spiro atoms. The zero-order valence-electron chi connectivity index (χ0n) is 13.0. The molecule has 1 aromatic heterocycles. The monoisotopic (exact) mass is 348 g/mol. The first kappa shape index (κ1) is 16.4. The van der Waals surface area contributed by atoms with Crippen LogP contribution in [0.15, 0.2) is 44.6 Å². The van der Waals surface area contributed by atoms with Crippen molar-refractivity contribution in [3.63, 3.8) is 0 Å². The van der Waals surface area contributed by atoms with Gasteiger partial charge in [0.05, 0.1) is 28.7 Å². The van der Waals surface area contributed by atoms with Gasteiger partial charge in [0.1, 0.15) is 5.58 Å². The molecular formula is C16H16N2O5S. The Morgan fingerprint density at radius 3 is 2.79 bits per heavy atom. The van der Waals surface area contributed by atoms with Crippen LogP contribution < -0.4 is 11.1 Å². The number of para-hydroxylation sites is 1. The maximum atomic E-state index is 12.0. The van der Waals surface area contributed by atoms with Gasteiger partial charge in [-0.2, -0.15) is 5.10 Å². The minimum atomic E-state index is -3.14. The standard InChI is InChI=1S/C16H16N2O5S/c1-10(17-18-15(19)12-6-7-24(21,22)9-12)13-8-11-4-2-3-5-14(11)23-16(13)20/h2-5,8,12H,6-7,9H2,1H3,(H,18,19)/b17-10-/t12-/m0/s1. The fourth-order valence-electron chi connectivity index (χ4n) is 2.61. The van der Waals surface area contributed by atoms with Crippen molar-refractivity contribution >= 4 is 32.4 Å². The van der Waals surface area contributed by atoms with E-state index in [1.165, 1.54) is 0 Å². The lowest BCUT2D eigenvalue weighted by Crippen LogP contribution is -2.29. The van der Waals surface area contributed by atoms with Crippen molar-refractivity contribution in [1.29, 1.82) is 0 Å². The van der Waals surface area contributed by atoms with Crippen LogP contribution in [-0.2, 0) is 14.6 Å². The van der Waals surface area contributed by atoms with E-state index in [1.54, 1.807) is 31.2 Å². The summed E-state index contributed by atoms with van der Waals surface area (Å²) in [4.78, 5) is 24.0. The highest BCUT2D eigenvalue weighted by molar-refractivity contribution is 7.91. The van der Waals surface area contributed by atoms with Gasteiger partial charge in [-0.15, -0.1) is 0 Å². The van der Waals surface area contributed by atoms with Crippen LogP contribution in [0.2, 0.25) is 0 Å². The first-order chi connectivity index (χ1) is 11.4. The molecule has 24 heavy (non-hydrogen) atoms. The summed E-state index contributed by atoms with van der Waals surface area (Å²) in [6, 6.07) is 8.72. The quantitative estimate of drug-likeness (QED) is 0.507. The lowest BCUT2D eigenvalue weighted by molar-refractivity contribution is -0.124. The van der Waals surface area contributed by atoms with Gasteiger partial charge in [0, 0.05) is 5.39 Å². The Morgan fingerprint density at radius 2 is 2.08 bits per heavy atom. The molecule has 1 aliphatic heterocycles. The molecule has 1 aromatic carbocycles. The maximum Gasteiger partial charge on any atom is 0.345 e. The fraction of sp³-hybridized carbons (Fsp3) is 0.312. The van der Waals surface area contributed by atoms with E-state index in [4.69, 9.17) is 4.42 Å². The number of fused-ring (bicyclic) bond motifs is 1. The number of sulfone groups is 1. The number of amides is 1. The predicted octanol–water partition coefficient (Wildman–Crippen LogP) is 1.07. The number of hydrazone groups is 1. The predicted molar refractivity (Wildman–Crippen MR) is 89.6 cm³/mol. The summed E-state index contributed by atoms with van der Waals surface area (Å²) in [5, 5.41) is 4.66. The van der Waals surface area contributed by atoms with Crippen LogP contribution >= 0.6 is 0 Å². The number of nitrogens with one attached hydrogen (secondary N) is 1. The Hall–Kier alpha value is -2.48. The largest absolute Gasteiger partial charge is 0.422 e. The molecule has 0 radical (unpaired) electrons. The Morgan fingerprint density at radius 1 is 1.33 bits per heavy atom. The third-order valence-electron chi connectivity index (χ3n) is 3.97. The molecule has 2 aromatic rings. The van der Waals surface area contributed by atoms with Crippen molar-refractivity contribution in [2.24, 2.45) is 11.0 Å². The van der Waals surface area contributed by atoms with Gasteiger partial charge in [0.2, 0.25) is 5.91 Å². The van der Waals surface area contributed by atoms with E-state index in [-0.39, 0.29) is 17.1 Å². The zero-order chi connectivity index (χ0) is 17.3. The van der Waals surface area contributed by atoms with Gasteiger partial charge in [-0.05, 0) is 25.5 Å². The van der Waals surface area contributed by atoms with Gasteiger partial charge in [0.15, 0.2) is 9.84 Å². The summed E-state index contributed by atoms with van der Waals surface area (Å²) in [6.07, 6.45) is 0.293. The van der Waals surface area contributed by atoms with Gasteiger partial charge in [-0.3, -0.25) is 4.79 Å². The van der Waals surface area contributed by atoms with Crippen LogP contribution in [-0.4, -0.2) is 31.5 Å². The van der Waals surface area contributed by atoms with E-state index >= 15 is 0 Å². The summed E-state index contributed by atoms with van der Waals surface area (Å²) in [7, 11) is -3.14. The third kappa shape index (κ3) is 3.38. The maximum absolute atomic E-state index is 12.0. The Labute approximate surface area is 138 Å². The minimum absolute atomic E-state index is 0.0159. The van der Waals surface area contributed by atoms with Crippen molar-refractivity contribution in [3.8, 4) is 0 Å². The summed E-state index contributed by atoms with van der Waals surface area (Å²) >= 11 is 0. The topological polar surface area (TPSA) is 106 Å². The van der Waals surface area contributed by atoms with Gasteiger partial charge < -0.3 is 4.42 Å². The highest BCUT2D eigenvalue weighted by Gasteiger charge is 2.32. The Kier molecular flexibility index (Phi) is 4.23. The zero-order valence-corrected chi connectivity index (χ0v) is 13.8. The Bertz CT molecular complexity index is 991. The number of hydrogen-bond donors (Lipinski definition) is 1. The molecule has 0 saturated carbocycles. The van der Waals surface area contributed by atoms with Gasteiger partial charge in [0.25, 0.3) is 0 Å². The molecular weight excluding hydrogens is 332 g/mol. The van der Waals surface area contributed by atoms with Crippen LogP contribution in [0.25, 0.3) is 11.0 Å². The first-order valence-corrected chi connectivity index (χ1v) is 9.26. The van der Waals surface area contributed by atoms with Gasteiger partial charge in [-0.1, -0.05) is 18.2 Å². The molecule has 1 atom stereocenters. The van der Waals surface area contributed by atoms with E-state index in [9.17, 15) is 18.0 Å². The normalized spacial score (nSPS) is 20.2. The smallest absolute Gasteiger partial charge is 0.345 e. The molecule has 126 valence electrons. The lowest BCUT2D eigenvalue weighted by atomic mass is 10.1. The van der Waals surface area contributed by atoms with Crippen LogP contribution in [0.3, 0.4) is 0 Å². The van der Waals surface area contributed by atoms with Gasteiger partial charge >= 0.3 is 5.63 Å². The second-order valence-electron chi connectivity index (χ2n) is 5.76. The fourth-order valence-corrected chi connectivity index (χ4v) is 4.35.